The molecule has 0 atom stereocenters. The largest absolute Gasteiger partial charge is 0.493 e. The molecule has 0 bridgehead atoms. The Morgan fingerprint density at radius 3 is 2.56 bits per heavy atom. The van der Waals surface area contributed by atoms with Crippen LogP contribution in [0.5, 0.6) is 5.75 Å². The lowest BCUT2D eigenvalue weighted by Crippen LogP contribution is -2.30. The average molecular weight is 384 g/mol. The predicted molar refractivity (Wildman–Crippen MR) is 89.1 cm³/mol. The summed E-state index contributed by atoms with van der Waals surface area (Å²) < 4.78 is 49.2. The molecule has 9 heteroatoms. The van der Waals surface area contributed by atoms with E-state index in [1.165, 1.54) is 17.0 Å². The summed E-state index contributed by atoms with van der Waals surface area (Å²) in [6.07, 6.45) is -2.52. The first kappa shape index (κ1) is 19.2. The van der Waals surface area contributed by atoms with Gasteiger partial charge in [-0.05, 0) is 25.0 Å². The summed E-state index contributed by atoms with van der Waals surface area (Å²) in [5, 5.41) is 3.51. The molecule has 0 aliphatic carbocycles. The first-order valence-electron chi connectivity index (χ1n) is 8.77. The van der Waals surface area contributed by atoms with Crippen LogP contribution in [0, 0.1) is 0 Å². The van der Waals surface area contributed by atoms with Crippen LogP contribution in [0.3, 0.4) is 0 Å². The van der Waals surface area contributed by atoms with E-state index in [9.17, 15) is 22.8 Å². The van der Waals surface area contributed by atoms with Crippen LogP contribution in [0.2, 0.25) is 0 Å². The van der Waals surface area contributed by atoms with Crippen LogP contribution < -0.4 is 4.74 Å². The van der Waals surface area contributed by atoms with Gasteiger partial charge in [-0.3, -0.25) is 14.5 Å². The van der Waals surface area contributed by atoms with Gasteiger partial charge in [-0.25, -0.2) is 0 Å². The molecule has 2 aromatic rings. The minimum Gasteiger partial charge on any atom is -0.493 e. The summed E-state index contributed by atoms with van der Waals surface area (Å²) in [4.78, 5) is 24.4. The number of alkyl halides is 3. The molecule has 146 valence electrons. The van der Waals surface area contributed by atoms with Crippen molar-refractivity contribution >= 4 is 22.7 Å². The van der Waals surface area contributed by atoms with Crippen molar-refractivity contribution in [3.05, 3.63) is 23.5 Å². The number of hydrogen-bond donors (Lipinski definition) is 0. The number of hydrogen-bond acceptors (Lipinski definition) is 5. The molecule has 6 nitrogen and oxygen atoms in total. The average Bonchev–Trinajstić information content (AvgIpc) is 3.18. The van der Waals surface area contributed by atoms with Crippen LogP contribution in [0.15, 0.2) is 16.7 Å². The van der Waals surface area contributed by atoms with Gasteiger partial charge >= 0.3 is 6.18 Å². The second kappa shape index (κ2) is 7.58. The zero-order chi connectivity index (χ0) is 19.6. The number of nitrogens with zero attached hydrogens (tertiary/aromatic N) is 2. The zero-order valence-corrected chi connectivity index (χ0v) is 14.8. The van der Waals surface area contributed by atoms with Gasteiger partial charge in [0, 0.05) is 24.9 Å². The quantitative estimate of drug-likeness (QED) is 0.537. The van der Waals surface area contributed by atoms with Crippen molar-refractivity contribution in [2.75, 3.05) is 13.2 Å². The van der Waals surface area contributed by atoms with Crippen molar-refractivity contribution in [1.82, 2.24) is 10.1 Å². The summed E-state index contributed by atoms with van der Waals surface area (Å²) in [7, 11) is 0. The molecule has 1 aromatic carbocycles. The molecule has 0 spiro atoms. The lowest BCUT2D eigenvalue weighted by Gasteiger charge is -2.15. The third kappa shape index (κ3) is 3.91. The van der Waals surface area contributed by atoms with Crippen LogP contribution in [-0.2, 0) is 22.2 Å². The Bertz CT molecular complexity index is 844. The van der Waals surface area contributed by atoms with Crippen molar-refractivity contribution in [2.45, 2.75) is 45.2 Å². The van der Waals surface area contributed by atoms with E-state index in [1.54, 1.807) is 0 Å². The molecule has 0 radical (unpaired) electrons. The van der Waals surface area contributed by atoms with Gasteiger partial charge < -0.3 is 9.26 Å². The Morgan fingerprint density at radius 2 is 1.93 bits per heavy atom. The number of rotatable bonds is 7. The molecule has 2 heterocycles. The fourth-order valence-electron chi connectivity index (χ4n) is 3.15. The Labute approximate surface area is 153 Å². The molecule has 0 saturated carbocycles. The van der Waals surface area contributed by atoms with Gasteiger partial charge in [0.15, 0.2) is 0 Å². The highest BCUT2D eigenvalue weighted by atomic mass is 19.4. The first-order chi connectivity index (χ1) is 12.8. The number of aromatic nitrogens is 1. The highest BCUT2D eigenvalue weighted by molar-refractivity contribution is 6.01. The van der Waals surface area contributed by atoms with E-state index in [2.05, 4.69) is 9.68 Å². The molecule has 0 N–H and O–H groups in total. The van der Waals surface area contributed by atoms with Crippen molar-refractivity contribution in [2.24, 2.45) is 0 Å². The van der Waals surface area contributed by atoms with E-state index in [-0.39, 0.29) is 48.7 Å². The van der Waals surface area contributed by atoms with Gasteiger partial charge in [-0.1, -0.05) is 18.5 Å². The van der Waals surface area contributed by atoms with Gasteiger partial charge in [0.2, 0.25) is 17.6 Å². The molecule has 1 aromatic heterocycles. The summed E-state index contributed by atoms with van der Waals surface area (Å²) in [6.45, 7) is 2.40. The van der Waals surface area contributed by atoms with Gasteiger partial charge in [0.25, 0.3) is 0 Å². The lowest BCUT2D eigenvalue weighted by atomic mass is 10.0. The van der Waals surface area contributed by atoms with Crippen molar-refractivity contribution in [3.63, 3.8) is 0 Å². The molecule has 27 heavy (non-hydrogen) atoms. The summed E-state index contributed by atoms with van der Waals surface area (Å²) in [6, 6.07) is 2.77. The monoisotopic (exact) mass is 384 g/mol. The van der Waals surface area contributed by atoms with Crippen LogP contribution in [-0.4, -0.2) is 35.0 Å². The first-order valence-corrected chi connectivity index (χ1v) is 8.77. The number of fused-ring (bicyclic) bond motifs is 1. The number of imide groups is 1. The summed E-state index contributed by atoms with van der Waals surface area (Å²) in [5.74, 6) is -1.05. The number of amides is 2. The van der Waals surface area contributed by atoms with E-state index in [0.29, 0.717) is 30.6 Å². The van der Waals surface area contributed by atoms with Crippen molar-refractivity contribution in [1.29, 1.82) is 0 Å². The molecule has 1 fully saturated rings. The topological polar surface area (TPSA) is 72.6 Å². The normalized spacial score (nSPS) is 15.2. The minimum absolute atomic E-state index is 0.0911. The smallest absolute Gasteiger partial charge is 0.453 e. The van der Waals surface area contributed by atoms with E-state index in [1.807, 2.05) is 6.92 Å². The van der Waals surface area contributed by atoms with Gasteiger partial charge in [-0.15, -0.1) is 0 Å². The summed E-state index contributed by atoms with van der Waals surface area (Å²) in [5.41, 5.74) is 0.703. The minimum atomic E-state index is -4.62. The predicted octanol–water partition coefficient (Wildman–Crippen LogP) is 3.72. The molecule has 3 rings (SSSR count). The Hall–Kier alpha value is -2.58. The maximum atomic E-state index is 13.0. The number of aryl methyl sites for hydroxylation is 1. The van der Waals surface area contributed by atoms with Gasteiger partial charge in [-0.2, -0.15) is 13.2 Å². The fraction of sp³-hybridized carbons (Fsp3) is 0.500. The zero-order valence-electron chi connectivity index (χ0n) is 14.8. The van der Waals surface area contributed by atoms with E-state index >= 15 is 0 Å². The van der Waals surface area contributed by atoms with Crippen LogP contribution >= 0.6 is 0 Å². The van der Waals surface area contributed by atoms with Crippen LogP contribution in [0.25, 0.3) is 10.9 Å². The number of benzene rings is 1. The highest BCUT2D eigenvalue weighted by Crippen LogP contribution is 2.38. The molecule has 2 amide bonds. The second-order valence-electron chi connectivity index (χ2n) is 6.34. The van der Waals surface area contributed by atoms with Gasteiger partial charge in [0.1, 0.15) is 11.3 Å². The third-order valence-corrected chi connectivity index (χ3v) is 4.41. The number of carbonyl (C=O) groups is 2. The Balaban J connectivity index is 1.73. The third-order valence-electron chi connectivity index (χ3n) is 4.41. The molecule has 1 saturated heterocycles. The number of halogens is 3. The Kier molecular flexibility index (Phi) is 5.38. The molecule has 0 unspecified atom stereocenters. The lowest BCUT2D eigenvalue weighted by molar-refractivity contribution is -0.154. The maximum absolute atomic E-state index is 13.0. The van der Waals surface area contributed by atoms with Gasteiger partial charge in [0.05, 0.1) is 12.0 Å². The molecule has 1 aliphatic rings. The fourth-order valence-corrected chi connectivity index (χ4v) is 3.15. The van der Waals surface area contributed by atoms with E-state index in [4.69, 9.17) is 4.74 Å². The standard InChI is InChI=1S/C18H19F3N2O4/c1-2-4-11-13(26-10-3-9-23-14(24)7-8-15(23)25)6-5-12-16(11)22-27-17(12)18(19,20)21/h5-6H,2-4,7-10H2,1H3. The van der Waals surface area contributed by atoms with E-state index in [0.717, 1.165) is 0 Å². The summed E-state index contributed by atoms with van der Waals surface area (Å²) >= 11 is 0. The number of ether oxygens (including phenoxy) is 1. The highest BCUT2D eigenvalue weighted by Gasteiger charge is 2.38. The number of likely N-dealkylation sites (tertiary alicyclic amines) is 1. The Morgan fingerprint density at radius 1 is 1.22 bits per heavy atom. The molecular weight excluding hydrogens is 365 g/mol. The SMILES string of the molecule is CCCc1c(OCCCN2C(=O)CCC2=O)ccc2c(C(F)(F)F)onc12. The van der Waals surface area contributed by atoms with E-state index < -0.39 is 11.9 Å². The molecular formula is C18H19F3N2O4. The number of carbonyl (C=O) groups excluding carboxylic acids is 2. The maximum Gasteiger partial charge on any atom is 0.453 e. The van der Waals surface area contributed by atoms with Crippen molar-refractivity contribution < 1.29 is 32.0 Å². The van der Waals surface area contributed by atoms with Crippen molar-refractivity contribution in [3.8, 4) is 5.75 Å². The van der Waals surface area contributed by atoms with Crippen LogP contribution in [0.4, 0.5) is 13.2 Å². The molecule has 1 aliphatic heterocycles. The van der Waals surface area contributed by atoms with Crippen LogP contribution in [0.1, 0.15) is 43.9 Å². The second-order valence-corrected chi connectivity index (χ2v) is 6.34.